The number of fused-ring (bicyclic) bond motifs is 1. The third kappa shape index (κ3) is 2.57. The van der Waals surface area contributed by atoms with Crippen LogP contribution in [0.25, 0.3) is 11.0 Å². The highest BCUT2D eigenvalue weighted by molar-refractivity contribution is 5.74. The number of hydrogen-bond acceptors (Lipinski definition) is 6. The SMILES string of the molecule is NC(O)Cc1nc2ccccc2nc1C1NCCO1. The number of aliphatic hydroxyl groups excluding tert-OH is 1. The standard InChI is InChI=1S/C13H16N4O2/c14-11(18)7-10-12(13-15-5-6-19-13)17-9-4-2-1-3-8(9)16-10/h1-4,11,13,15,18H,5-7,14H2. The van der Waals surface area contributed by atoms with Gasteiger partial charge < -0.3 is 15.6 Å². The number of aliphatic hydroxyl groups is 1. The minimum Gasteiger partial charge on any atom is -0.378 e. The predicted octanol–water partition coefficient (Wildman–Crippen LogP) is 0.0678. The summed E-state index contributed by atoms with van der Waals surface area (Å²) in [7, 11) is 0. The van der Waals surface area contributed by atoms with Crippen molar-refractivity contribution in [2.24, 2.45) is 5.73 Å². The van der Waals surface area contributed by atoms with Crippen LogP contribution in [-0.4, -0.2) is 34.5 Å². The van der Waals surface area contributed by atoms with Gasteiger partial charge in [-0.25, -0.2) is 9.97 Å². The Labute approximate surface area is 110 Å². The van der Waals surface area contributed by atoms with E-state index in [4.69, 9.17) is 10.5 Å². The van der Waals surface area contributed by atoms with Gasteiger partial charge in [0.25, 0.3) is 0 Å². The van der Waals surface area contributed by atoms with Gasteiger partial charge in [0.2, 0.25) is 0 Å². The number of nitrogens with one attached hydrogen (secondary N) is 1. The fraction of sp³-hybridized carbons (Fsp3) is 0.385. The first-order chi connectivity index (χ1) is 9.24. The van der Waals surface area contributed by atoms with E-state index in [1.165, 1.54) is 0 Å². The zero-order chi connectivity index (χ0) is 13.2. The second-order valence-electron chi connectivity index (χ2n) is 4.52. The van der Waals surface area contributed by atoms with Gasteiger partial charge >= 0.3 is 0 Å². The molecular weight excluding hydrogens is 244 g/mol. The van der Waals surface area contributed by atoms with Gasteiger partial charge in [0.05, 0.1) is 23.3 Å². The van der Waals surface area contributed by atoms with Gasteiger partial charge in [-0.2, -0.15) is 0 Å². The molecule has 0 aliphatic carbocycles. The van der Waals surface area contributed by atoms with Gasteiger partial charge in [-0.15, -0.1) is 0 Å². The Bertz CT molecular complexity index is 582. The summed E-state index contributed by atoms with van der Waals surface area (Å²) in [4.78, 5) is 9.13. The zero-order valence-electron chi connectivity index (χ0n) is 10.4. The van der Waals surface area contributed by atoms with E-state index in [2.05, 4.69) is 15.3 Å². The first-order valence-corrected chi connectivity index (χ1v) is 6.28. The molecule has 2 atom stereocenters. The maximum Gasteiger partial charge on any atom is 0.153 e. The molecule has 1 aromatic carbocycles. The van der Waals surface area contributed by atoms with Crippen molar-refractivity contribution in [2.75, 3.05) is 13.2 Å². The van der Waals surface area contributed by atoms with Crippen molar-refractivity contribution in [3.05, 3.63) is 35.7 Å². The number of ether oxygens (including phenoxy) is 1. The Balaban J connectivity index is 2.09. The summed E-state index contributed by atoms with van der Waals surface area (Å²) in [6.45, 7) is 1.42. The first-order valence-electron chi connectivity index (χ1n) is 6.28. The summed E-state index contributed by atoms with van der Waals surface area (Å²) in [5.74, 6) is 0. The number of nitrogens with two attached hydrogens (primary N) is 1. The molecule has 6 heteroatoms. The van der Waals surface area contributed by atoms with E-state index in [9.17, 15) is 5.11 Å². The fourth-order valence-electron chi connectivity index (χ4n) is 2.21. The van der Waals surface area contributed by atoms with Crippen molar-refractivity contribution in [3.63, 3.8) is 0 Å². The van der Waals surface area contributed by atoms with E-state index in [0.29, 0.717) is 18.0 Å². The predicted molar refractivity (Wildman–Crippen MR) is 70.1 cm³/mol. The Kier molecular flexibility index (Phi) is 3.39. The zero-order valence-corrected chi connectivity index (χ0v) is 10.4. The van der Waals surface area contributed by atoms with Gasteiger partial charge in [-0.3, -0.25) is 5.32 Å². The lowest BCUT2D eigenvalue weighted by Crippen LogP contribution is -2.25. The third-order valence-corrected chi connectivity index (χ3v) is 3.04. The van der Waals surface area contributed by atoms with Crippen LogP contribution in [0.1, 0.15) is 17.6 Å². The highest BCUT2D eigenvalue weighted by atomic mass is 16.5. The van der Waals surface area contributed by atoms with Crippen LogP contribution in [-0.2, 0) is 11.2 Å². The molecule has 0 radical (unpaired) electrons. The first kappa shape index (κ1) is 12.4. The molecule has 6 nitrogen and oxygen atoms in total. The smallest absolute Gasteiger partial charge is 0.153 e. The summed E-state index contributed by atoms with van der Waals surface area (Å²) in [5, 5.41) is 12.6. The van der Waals surface area contributed by atoms with E-state index in [-0.39, 0.29) is 12.6 Å². The average molecular weight is 260 g/mol. The van der Waals surface area contributed by atoms with Crippen LogP contribution in [0.5, 0.6) is 0 Å². The summed E-state index contributed by atoms with van der Waals surface area (Å²) >= 11 is 0. The molecule has 100 valence electrons. The molecule has 0 bridgehead atoms. The van der Waals surface area contributed by atoms with Crippen molar-refractivity contribution < 1.29 is 9.84 Å². The molecule has 1 aromatic heterocycles. The normalized spacial score (nSPS) is 20.8. The summed E-state index contributed by atoms with van der Waals surface area (Å²) in [6.07, 6.45) is -0.962. The Morgan fingerprint density at radius 3 is 2.74 bits per heavy atom. The summed E-state index contributed by atoms with van der Waals surface area (Å²) in [6, 6.07) is 7.62. The molecule has 0 spiro atoms. The molecule has 3 rings (SSSR count). The number of benzene rings is 1. The third-order valence-electron chi connectivity index (χ3n) is 3.04. The van der Waals surface area contributed by atoms with E-state index in [0.717, 1.165) is 17.6 Å². The van der Waals surface area contributed by atoms with Crippen molar-refractivity contribution in [1.82, 2.24) is 15.3 Å². The quantitative estimate of drug-likeness (QED) is 0.676. The van der Waals surface area contributed by atoms with Crippen molar-refractivity contribution in [2.45, 2.75) is 18.9 Å². The number of para-hydroxylation sites is 2. The molecule has 2 unspecified atom stereocenters. The van der Waals surface area contributed by atoms with Crippen LogP contribution in [0.15, 0.2) is 24.3 Å². The molecule has 1 saturated heterocycles. The Morgan fingerprint density at radius 2 is 2.11 bits per heavy atom. The molecular formula is C13H16N4O2. The molecule has 0 amide bonds. The monoisotopic (exact) mass is 260 g/mol. The lowest BCUT2D eigenvalue weighted by Gasteiger charge is -2.15. The van der Waals surface area contributed by atoms with Crippen LogP contribution in [0.4, 0.5) is 0 Å². The highest BCUT2D eigenvalue weighted by Crippen LogP contribution is 2.22. The van der Waals surface area contributed by atoms with Crippen LogP contribution in [0.2, 0.25) is 0 Å². The summed E-state index contributed by atoms with van der Waals surface area (Å²) in [5.41, 5.74) is 8.45. The van der Waals surface area contributed by atoms with E-state index < -0.39 is 6.23 Å². The topological polar surface area (TPSA) is 93.3 Å². The fourth-order valence-corrected chi connectivity index (χ4v) is 2.21. The lowest BCUT2D eigenvalue weighted by molar-refractivity contribution is 0.0965. The largest absolute Gasteiger partial charge is 0.378 e. The maximum absolute atomic E-state index is 9.39. The average Bonchev–Trinajstić information content (AvgIpc) is 2.91. The summed E-state index contributed by atoms with van der Waals surface area (Å²) < 4.78 is 5.57. The maximum atomic E-state index is 9.39. The van der Waals surface area contributed by atoms with Gasteiger partial charge in [0.15, 0.2) is 6.23 Å². The molecule has 2 heterocycles. The van der Waals surface area contributed by atoms with Crippen molar-refractivity contribution in [3.8, 4) is 0 Å². The number of hydrogen-bond donors (Lipinski definition) is 3. The second-order valence-corrected chi connectivity index (χ2v) is 4.52. The number of nitrogens with zero attached hydrogens (tertiary/aromatic N) is 2. The molecule has 2 aromatic rings. The lowest BCUT2D eigenvalue weighted by atomic mass is 10.1. The van der Waals surface area contributed by atoms with Crippen molar-refractivity contribution >= 4 is 11.0 Å². The van der Waals surface area contributed by atoms with Crippen molar-refractivity contribution in [1.29, 1.82) is 0 Å². The minimum atomic E-state index is -0.949. The molecule has 0 saturated carbocycles. The van der Waals surface area contributed by atoms with Crippen LogP contribution >= 0.6 is 0 Å². The molecule has 1 aliphatic rings. The highest BCUT2D eigenvalue weighted by Gasteiger charge is 2.23. The van der Waals surface area contributed by atoms with Crippen LogP contribution in [0.3, 0.4) is 0 Å². The van der Waals surface area contributed by atoms with Crippen LogP contribution < -0.4 is 11.1 Å². The molecule has 4 N–H and O–H groups in total. The molecule has 1 aliphatic heterocycles. The van der Waals surface area contributed by atoms with E-state index in [1.54, 1.807) is 0 Å². The molecule has 19 heavy (non-hydrogen) atoms. The molecule has 1 fully saturated rings. The van der Waals surface area contributed by atoms with E-state index >= 15 is 0 Å². The Hall–Kier alpha value is -1.60. The van der Waals surface area contributed by atoms with Gasteiger partial charge in [-0.1, -0.05) is 12.1 Å². The Morgan fingerprint density at radius 1 is 1.37 bits per heavy atom. The van der Waals surface area contributed by atoms with Gasteiger partial charge in [-0.05, 0) is 12.1 Å². The van der Waals surface area contributed by atoms with Gasteiger partial charge in [0, 0.05) is 13.0 Å². The second kappa shape index (κ2) is 5.18. The van der Waals surface area contributed by atoms with Gasteiger partial charge in [0.1, 0.15) is 11.9 Å². The number of aromatic nitrogens is 2. The van der Waals surface area contributed by atoms with Crippen LogP contribution in [0, 0.1) is 0 Å². The van der Waals surface area contributed by atoms with E-state index in [1.807, 2.05) is 24.3 Å². The number of rotatable bonds is 3. The minimum absolute atomic E-state index is 0.259.